The van der Waals surface area contributed by atoms with Gasteiger partial charge in [-0.05, 0) is 63.1 Å². The first kappa shape index (κ1) is 26.0. The summed E-state index contributed by atoms with van der Waals surface area (Å²) in [5, 5.41) is 12.7. The van der Waals surface area contributed by atoms with E-state index in [4.69, 9.17) is 21.4 Å². The van der Waals surface area contributed by atoms with Crippen LogP contribution >= 0.6 is 24.0 Å². The Balaban J connectivity index is 0.00000363. The molecule has 3 rings (SSSR count). The number of carboxylic acids is 1. The molecule has 2 aromatic rings. The number of aromatic carboxylic acids is 1. The molecule has 1 heterocycles. The molecule has 1 fully saturated rings. The SMILES string of the molecule is C[C@H](NC(=O)CC(C)(C)N1CC[C@@H](Oc2cccc(Cl)c2)C1)c1ccc(C(=O)O)cc1.Cl. The van der Waals surface area contributed by atoms with Crippen LogP contribution in [0.5, 0.6) is 5.75 Å². The Morgan fingerprint density at radius 1 is 1.25 bits per heavy atom. The number of carboxylic acid groups (broad SMARTS) is 1. The maximum atomic E-state index is 12.7. The van der Waals surface area contributed by atoms with Gasteiger partial charge in [0.05, 0.1) is 11.6 Å². The molecule has 0 aromatic heterocycles. The van der Waals surface area contributed by atoms with Gasteiger partial charge < -0.3 is 15.2 Å². The van der Waals surface area contributed by atoms with E-state index in [1.165, 1.54) is 0 Å². The number of hydrogen-bond acceptors (Lipinski definition) is 4. The molecule has 174 valence electrons. The van der Waals surface area contributed by atoms with Crippen molar-refractivity contribution in [1.82, 2.24) is 10.2 Å². The van der Waals surface area contributed by atoms with Gasteiger partial charge in [-0.25, -0.2) is 4.79 Å². The first-order chi connectivity index (χ1) is 14.6. The van der Waals surface area contributed by atoms with Gasteiger partial charge in [0.25, 0.3) is 0 Å². The lowest BCUT2D eigenvalue weighted by Crippen LogP contribution is -2.46. The van der Waals surface area contributed by atoms with E-state index in [0.717, 1.165) is 30.8 Å². The van der Waals surface area contributed by atoms with E-state index in [1.807, 2.05) is 31.2 Å². The van der Waals surface area contributed by atoms with Crippen LogP contribution in [0.1, 0.15) is 55.6 Å². The Kier molecular flexibility index (Phi) is 8.96. The lowest BCUT2D eigenvalue weighted by atomic mass is 9.97. The maximum Gasteiger partial charge on any atom is 0.335 e. The first-order valence-corrected chi connectivity index (χ1v) is 10.8. The molecule has 0 saturated carbocycles. The maximum absolute atomic E-state index is 12.7. The molecular formula is C24H30Cl2N2O4. The molecular weight excluding hydrogens is 451 g/mol. The van der Waals surface area contributed by atoms with Crippen molar-refractivity contribution >= 4 is 35.9 Å². The molecule has 2 atom stereocenters. The minimum atomic E-state index is -0.965. The molecule has 1 amide bonds. The molecule has 0 aliphatic carbocycles. The summed E-state index contributed by atoms with van der Waals surface area (Å²) in [7, 11) is 0. The molecule has 6 nitrogen and oxygen atoms in total. The molecule has 2 aromatic carbocycles. The van der Waals surface area contributed by atoms with Gasteiger partial charge in [-0.1, -0.05) is 29.8 Å². The molecule has 1 aliphatic rings. The summed E-state index contributed by atoms with van der Waals surface area (Å²) in [5.41, 5.74) is 0.781. The second-order valence-corrected chi connectivity index (χ2v) is 9.07. The minimum Gasteiger partial charge on any atom is -0.489 e. The Morgan fingerprint density at radius 2 is 1.94 bits per heavy atom. The van der Waals surface area contributed by atoms with E-state index in [-0.39, 0.29) is 41.6 Å². The van der Waals surface area contributed by atoms with Crippen LogP contribution in [0.3, 0.4) is 0 Å². The Hall–Kier alpha value is -2.28. The van der Waals surface area contributed by atoms with E-state index in [2.05, 4.69) is 24.1 Å². The summed E-state index contributed by atoms with van der Waals surface area (Å²) in [6, 6.07) is 13.8. The fourth-order valence-corrected chi connectivity index (χ4v) is 4.08. The van der Waals surface area contributed by atoms with Gasteiger partial charge in [0.2, 0.25) is 5.91 Å². The first-order valence-electron chi connectivity index (χ1n) is 10.4. The molecule has 0 unspecified atom stereocenters. The lowest BCUT2D eigenvalue weighted by molar-refractivity contribution is -0.124. The number of carbonyl (C=O) groups excluding carboxylic acids is 1. The molecule has 0 spiro atoms. The Bertz CT molecular complexity index is 934. The molecule has 1 saturated heterocycles. The molecule has 2 N–H and O–H groups in total. The summed E-state index contributed by atoms with van der Waals surface area (Å²) < 4.78 is 6.07. The lowest BCUT2D eigenvalue weighted by Gasteiger charge is -2.35. The van der Waals surface area contributed by atoms with Crippen LogP contribution in [-0.2, 0) is 4.79 Å². The van der Waals surface area contributed by atoms with Gasteiger partial charge in [-0.2, -0.15) is 0 Å². The third-order valence-electron chi connectivity index (χ3n) is 5.73. The van der Waals surface area contributed by atoms with Crippen LogP contribution < -0.4 is 10.1 Å². The number of amides is 1. The normalized spacial score (nSPS) is 17.3. The van der Waals surface area contributed by atoms with Crippen molar-refractivity contribution in [2.45, 2.75) is 51.3 Å². The van der Waals surface area contributed by atoms with E-state index >= 15 is 0 Å². The molecule has 1 aliphatic heterocycles. The van der Waals surface area contributed by atoms with Crippen molar-refractivity contribution in [1.29, 1.82) is 0 Å². The number of rotatable bonds is 8. The number of carbonyl (C=O) groups is 2. The third-order valence-corrected chi connectivity index (χ3v) is 5.96. The van der Waals surface area contributed by atoms with Crippen molar-refractivity contribution in [3.8, 4) is 5.75 Å². The number of halogens is 2. The zero-order valence-electron chi connectivity index (χ0n) is 18.5. The van der Waals surface area contributed by atoms with Gasteiger partial charge in [0.15, 0.2) is 0 Å². The van der Waals surface area contributed by atoms with Crippen LogP contribution in [-0.4, -0.2) is 46.6 Å². The smallest absolute Gasteiger partial charge is 0.335 e. The molecule has 8 heteroatoms. The minimum absolute atomic E-state index is 0. The zero-order chi connectivity index (χ0) is 22.6. The Morgan fingerprint density at radius 3 is 2.56 bits per heavy atom. The number of likely N-dealkylation sites (tertiary alicyclic amines) is 1. The van der Waals surface area contributed by atoms with Gasteiger partial charge in [-0.3, -0.25) is 9.69 Å². The summed E-state index contributed by atoms with van der Waals surface area (Å²) in [5.74, 6) is -0.245. The van der Waals surface area contributed by atoms with Crippen LogP contribution in [0, 0.1) is 0 Å². The molecule has 0 bridgehead atoms. The standard InChI is InChI=1S/C24H29ClN2O4.ClH/c1-16(17-7-9-18(10-8-17)23(29)30)26-22(28)14-24(2,3)27-12-11-21(15-27)31-20-6-4-5-19(25)13-20;/h4-10,13,16,21H,11-12,14-15H2,1-3H3,(H,26,28)(H,29,30);1H/t16-,21+;/m0./s1. The number of benzene rings is 2. The predicted molar refractivity (Wildman–Crippen MR) is 128 cm³/mol. The van der Waals surface area contributed by atoms with E-state index in [9.17, 15) is 9.59 Å². The topological polar surface area (TPSA) is 78.9 Å². The number of ether oxygens (including phenoxy) is 1. The summed E-state index contributed by atoms with van der Waals surface area (Å²) in [6.45, 7) is 7.64. The molecule has 0 radical (unpaired) electrons. The van der Waals surface area contributed by atoms with Crippen LogP contribution in [0.15, 0.2) is 48.5 Å². The Labute approximate surface area is 200 Å². The highest BCUT2D eigenvalue weighted by Gasteiger charge is 2.36. The van der Waals surface area contributed by atoms with E-state index in [0.29, 0.717) is 11.4 Å². The fraction of sp³-hybridized carbons (Fsp3) is 0.417. The van der Waals surface area contributed by atoms with Crippen LogP contribution in [0.4, 0.5) is 0 Å². The van der Waals surface area contributed by atoms with Gasteiger partial charge in [0.1, 0.15) is 11.9 Å². The van der Waals surface area contributed by atoms with Crippen molar-refractivity contribution in [2.24, 2.45) is 0 Å². The zero-order valence-corrected chi connectivity index (χ0v) is 20.1. The fourth-order valence-electron chi connectivity index (χ4n) is 3.90. The highest BCUT2D eigenvalue weighted by Crippen LogP contribution is 2.28. The molecule has 32 heavy (non-hydrogen) atoms. The highest BCUT2D eigenvalue weighted by molar-refractivity contribution is 6.30. The summed E-state index contributed by atoms with van der Waals surface area (Å²) in [6.07, 6.45) is 1.31. The van der Waals surface area contributed by atoms with Gasteiger partial charge >= 0.3 is 5.97 Å². The summed E-state index contributed by atoms with van der Waals surface area (Å²) in [4.78, 5) is 26.0. The van der Waals surface area contributed by atoms with E-state index < -0.39 is 5.97 Å². The van der Waals surface area contributed by atoms with Crippen molar-refractivity contribution in [2.75, 3.05) is 13.1 Å². The summed E-state index contributed by atoms with van der Waals surface area (Å²) >= 11 is 6.04. The predicted octanol–water partition coefficient (Wildman–Crippen LogP) is 4.96. The number of nitrogens with one attached hydrogen (secondary N) is 1. The van der Waals surface area contributed by atoms with Gasteiger partial charge in [-0.15, -0.1) is 12.4 Å². The monoisotopic (exact) mass is 480 g/mol. The van der Waals surface area contributed by atoms with Crippen LogP contribution in [0.2, 0.25) is 5.02 Å². The number of hydrogen-bond donors (Lipinski definition) is 2. The van der Waals surface area contributed by atoms with Gasteiger partial charge in [0, 0.05) is 30.1 Å². The average Bonchev–Trinajstić information content (AvgIpc) is 3.17. The third kappa shape index (κ3) is 6.86. The highest BCUT2D eigenvalue weighted by atomic mass is 35.5. The average molecular weight is 481 g/mol. The quantitative estimate of drug-likeness (QED) is 0.557. The van der Waals surface area contributed by atoms with E-state index in [1.54, 1.807) is 24.3 Å². The second-order valence-electron chi connectivity index (χ2n) is 8.64. The van der Waals surface area contributed by atoms with Crippen molar-refractivity contribution < 1.29 is 19.4 Å². The number of nitrogens with zero attached hydrogens (tertiary/aromatic N) is 1. The van der Waals surface area contributed by atoms with Crippen molar-refractivity contribution in [3.63, 3.8) is 0 Å². The largest absolute Gasteiger partial charge is 0.489 e. The van der Waals surface area contributed by atoms with Crippen LogP contribution in [0.25, 0.3) is 0 Å². The second kappa shape index (κ2) is 11.0. The van der Waals surface area contributed by atoms with Crippen molar-refractivity contribution in [3.05, 3.63) is 64.7 Å².